The Morgan fingerprint density at radius 2 is 1.73 bits per heavy atom. The van der Waals surface area contributed by atoms with E-state index in [1.165, 1.54) is 9.80 Å². The Kier molecular flexibility index (Phi) is 11.2. The second kappa shape index (κ2) is 14.9. The first-order valence-corrected chi connectivity index (χ1v) is 17.5. The fraction of sp³-hybridized carbons (Fsp3) is 0.514. The Hall–Kier alpha value is -4.05. The number of carbonyl (C=O) groups excluding carboxylic acids is 2. The number of amides is 2. The molecule has 51 heavy (non-hydrogen) atoms. The maximum atomic E-state index is 14.8. The number of aliphatic hydroxyl groups is 1. The molecule has 2 aliphatic heterocycles. The molecule has 2 aromatic heterocycles. The molecule has 2 aliphatic rings. The molecule has 9 nitrogen and oxygen atoms in total. The zero-order chi connectivity index (χ0) is 37.2. The fourth-order valence-corrected chi connectivity index (χ4v) is 7.33. The molecule has 3 aromatic rings. The van der Waals surface area contributed by atoms with Crippen molar-refractivity contribution in [3.8, 4) is 11.5 Å². The number of rotatable bonds is 10. The number of thiophene rings is 1. The minimum absolute atomic E-state index is 0.000267. The Morgan fingerprint density at radius 3 is 2.35 bits per heavy atom. The number of halogens is 6. The number of alkyl halides is 6. The number of benzene rings is 1. The molecule has 2 atom stereocenters. The van der Waals surface area contributed by atoms with Crippen LogP contribution in [0, 0.1) is 0 Å². The van der Waals surface area contributed by atoms with E-state index in [4.69, 9.17) is 9.47 Å². The largest absolute Gasteiger partial charge is 0.483 e. The second-order valence-corrected chi connectivity index (χ2v) is 14.1. The summed E-state index contributed by atoms with van der Waals surface area (Å²) in [4.78, 5) is 36.4. The van der Waals surface area contributed by atoms with E-state index < -0.39 is 57.4 Å². The third kappa shape index (κ3) is 8.21. The van der Waals surface area contributed by atoms with Gasteiger partial charge in [-0.1, -0.05) is 25.5 Å². The normalized spacial score (nSPS) is 20.4. The molecular formula is C35H40F6N4O5S. The Balaban J connectivity index is 1.50. The molecule has 2 fully saturated rings. The summed E-state index contributed by atoms with van der Waals surface area (Å²) in [7, 11) is 0. The highest BCUT2D eigenvalue weighted by atomic mass is 32.1. The van der Waals surface area contributed by atoms with Crippen LogP contribution in [0.3, 0.4) is 0 Å². The molecule has 1 aromatic carbocycles. The smallest absolute Gasteiger partial charge is 0.425 e. The van der Waals surface area contributed by atoms with Crippen molar-refractivity contribution in [2.24, 2.45) is 0 Å². The summed E-state index contributed by atoms with van der Waals surface area (Å²) in [6.07, 6.45) is -7.09. The lowest BCUT2D eigenvalue weighted by Gasteiger charge is -2.51. The first-order chi connectivity index (χ1) is 24.0. The zero-order valence-corrected chi connectivity index (χ0v) is 29.2. The van der Waals surface area contributed by atoms with Gasteiger partial charge in [-0.05, 0) is 44.9 Å². The topological polar surface area (TPSA) is 95.4 Å². The molecule has 0 saturated carbocycles. The molecule has 0 aliphatic carbocycles. The summed E-state index contributed by atoms with van der Waals surface area (Å²) >= 11 is 0.396. The van der Waals surface area contributed by atoms with E-state index in [2.05, 4.69) is 4.98 Å². The molecule has 0 unspecified atom stereocenters. The molecule has 278 valence electrons. The van der Waals surface area contributed by atoms with Crippen LogP contribution in [0.2, 0.25) is 0 Å². The van der Waals surface area contributed by atoms with Gasteiger partial charge in [-0.2, -0.15) is 26.3 Å². The molecule has 1 N–H and O–H groups in total. The minimum Gasteiger partial charge on any atom is -0.483 e. The third-order valence-electron chi connectivity index (χ3n) is 9.10. The van der Waals surface area contributed by atoms with Crippen LogP contribution in [0.5, 0.6) is 11.5 Å². The van der Waals surface area contributed by atoms with E-state index in [0.717, 1.165) is 29.5 Å². The lowest BCUT2D eigenvalue weighted by Crippen LogP contribution is -2.69. The molecule has 0 bridgehead atoms. The lowest BCUT2D eigenvalue weighted by molar-refractivity contribution is -0.159. The number of carbonyl (C=O) groups is 2. The number of hydrogen-bond donors (Lipinski definition) is 1. The van der Waals surface area contributed by atoms with Gasteiger partial charge in [0.25, 0.3) is 11.8 Å². The summed E-state index contributed by atoms with van der Waals surface area (Å²) in [5.41, 5.74) is -3.89. The minimum atomic E-state index is -4.87. The first-order valence-electron chi connectivity index (χ1n) is 16.6. The molecule has 2 saturated heterocycles. The van der Waals surface area contributed by atoms with Crippen molar-refractivity contribution in [1.29, 1.82) is 0 Å². The van der Waals surface area contributed by atoms with Crippen molar-refractivity contribution in [3.63, 3.8) is 0 Å². The van der Waals surface area contributed by atoms with Gasteiger partial charge in [-0.15, -0.1) is 11.3 Å². The first kappa shape index (κ1) is 38.2. The molecule has 0 radical (unpaired) electrons. The Bertz CT molecular complexity index is 1690. The summed E-state index contributed by atoms with van der Waals surface area (Å²) in [5, 5.41) is 10.9. The molecule has 0 spiro atoms. The lowest BCUT2D eigenvalue weighted by atomic mass is 9.79. The van der Waals surface area contributed by atoms with E-state index in [0.29, 0.717) is 42.7 Å². The van der Waals surface area contributed by atoms with Crippen molar-refractivity contribution in [3.05, 3.63) is 70.2 Å². The molecule has 4 heterocycles. The van der Waals surface area contributed by atoms with Gasteiger partial charge in [0.1, 0.15) is 22.0 Å². The average molecular weight is 743 g/mol. The number of anilines is 1. The number of piperazine rings is 1. The number of likely N-dealkylation sites (tertiary alicyclic amines) is 1. The highest BCUT2D eigenvalue weighted by molar-refractivity contribution is 7.10. The van der Waals surface area contributed by atoms with Gasteiger partial charge in [-0.25, -0.2) is 0 Å². The Morgan fingerprint density at radius 1 is 1.02 bits per heavy atom. The summed E-state index contributed by atoms with van der Waals surface area (Å²) in [6.45, 7) is 6.06. The van der Waals surface area contributed by atoms with Crippen molar-refractivity contribution < 1.29 is 50.5 Å². The van der Waals surface area contributed by atoms with Crippen LogP contribution in [0.25, 0.3) is 0 Å². The van der Waals surface area contributed by atoms with Crippen LogP contribution < -0.4 is 14.4 Å². The number of aromatic nitrogens is 1. The predicted molar refractivity (Wildman–Crippen MR) is 178 cm³/mol. The van der Waals surface area contributed by atoms with Crippen LogP contribution in [-0.2, 0) is 17.1 Å². The van der Waals surface area contributed by atoms with Crippen molar-refractivity contribution in [2.45, 2.75) is 76.1 Å². The average Bonchev–Trinajstić information content (AvgIpc) is 3.57. The zero-order valence-electron chi connectivity index (χ0n) is 28.4. The quantitative estimate of drug-likeness (QED) is 0.226. The van der Waals surface area contributed by atoms with Crippen molar-refractivity contribution in [1.82, 2.24) is 14.8 Å². The van der Waals surface area contributed by atoms with Gasteiger partial charge < -0.3 is 29.3 Å². The number of hydrogen-bond acceptors (Lipinski definition) is 8. The van der Waals surface area contributed by atoms with Crippen LogP contribution in [0.1, 0.15) is 67.3 Å². The number of pyridine rings is 1. The van der Waals surface area contributed by atoms with Crippen LogP contribution in [-0.4, -0.2) is 88.3 Å². The maximum Gasteiger partial charge on any atom is 0.425 e. The number of nitrogens with zero attached hydrogens (tertiary/aromatic N) is 4. The fourth-order valence-electron chi connectivity index (χ4n) is 6.65. The SMILES string of the molecule is CCC[C@H]1N(C(=O)c2cnccc2C(F)(F)F)CCC[C@@]1(Oc1csc(C(F)(F)F)c1)C(=O)N1CCN(c2ccccc2OC(C)(C)CO)CC1. The summed E-state index contributed by atoms with van der Waals surface area (Å²) in [5.74, 6) is -1.24. The van der Waals surface area contributed by atoms with Gasteiger partial charge >= 0.3 is 12.4 Å². The molecular weight excluding hydrogens is 702 g/mol. The van der Waals surface area contributed by atoms with E-state index in [1.807, 2.05) is 17.0 Å². The van der Waals surface area contributed by atoms with Crippen LogP contribution in [0.4, 0.5) is 32.0 Å². The molecule has 5 rings (SSSR count). The number of para-hydroxylation sites is 2. The number of ether oxygens (including phenoxy) is 2. The van der Waals surface area contributed by atoms with E-state index in [9.17, 15) is 41.0 Å². The highest BCUT2D eigenvalue weighted by Gasteiger charge is 2.56. The molecule has 2 amide bonds. The monoisotopic (exact) mass is 742 g/mol. The van der Waals surface area contributed by atoms with Gasteiger partial charge in [0.15, 0.2) is 0 Å². The number of piperidine rings is 1. The third-order valence-corrected chi connectivity index (χ3v) is 10.1. The van der Waals surface area contributed by atoms with E-state index in [1.54, 1.807) is 32.9 Å². The van der Waals surface area contributed by atoms with Gasteiger partial charge in [-0.3, -0.25) is 14.6 Å². The Labute approximate surface area is 295 Å². The highest BCUT2D eigenvalue weighted by Crippen LogP contribution is 2.43. The van der Waals surface area contributed by atoms with Gasteiger partial charge in [0, 0.05) is 63.0 Å². The van der Waals surface area contributed by atoms with Gasteiger partial charge in [0.05, 0.1) is 29.5 Å². The van der Waals surface area contributed by atoms with E-state index in [-0.39, 0.29) is 51.3 Å². The van der Waals surface area contributed by atoms with Crippen LogP contribution >= 0.6 is 11.3 Å². The van der Waals surface area contributed by atoms with E-state index >= 15 is 0 Å². The predicted octanol–water partition coefficient (Wildman–Crippen LogP) is 6.90. The van der Waals surface area contributed by atoms with Gasteiger partial charge in [0.2, 0.25) is 5.60 Å². The second-order valence-electron chi connectivity index (χ2n) is 13.2. The summed E-state index contributed by atoms with van der Waals surface area (Å²) < 4.78 is 95.3. The number of aliphatic hydroxyl groups excluding tert-OH is 1. The van der Waals surface area contributed by atoms with Crippen molar-refractivity contribution in [2.75, 3.05) is 44.2 Å². The summed E-state index contributed by atoms with van der Waals surface area (Å²) in [6, 6.07) is 7.66. The molecule has 16 heteroatoms. The van der Waals surface area contributed by atoms with Crippen LogP contribution in [0.15, 0.2) is 54.2 Å². The standard InChI is InChI=1S/C35H40F6N4O5S/c1-4-8-28-33(49-23-19-29(51-21-23)35(39,40)41,12-7-14-45(28)30(47)24-20-42-13-11-25(24)34(36,37)38)31(48)44-17-15-43(16-18-44)26-9-5-6-10-27(26)50-32(2,3)22-46/h5-6,9-11,13,19-21,28,46H,4,7-8,12,14-18,22H2,1-3H3/t28-,33+/m1/s1. The maximum absolute atomic E-state index is 14.8. The van der Waals surface area contributed by atoms with Crippen molar-refractivity contribution >= 4 is 28.8 Å².